The van der Waals surface area contributed by atoms with E-state index < -0.39 is 6.10 Å². The van der Waals surface area contributed by atoms with Crippen LogP contribution in [0.1, 0.15) is 57.1 Å². The fraction of sp³-hybridized carbons (Fsp3) is 0.708. The average molecular weight is 402 g/mol. The molecule has 29 heavy (non-hydrogen) atoms. The summed E-state index contributed by atoms with van der Waals surface area (Å²) in [7, 11) is 0. The summed E-state index contributed by atoms with van der Waals surface area (Å²) < 4.78 is 5.93. The molecule has 0 bridgehead atoms. The third-order valence-electron chi connectivity index (χ3n) is 7.03. The molecular weight excluding hydrogens is 362 g/mol. The smallest absolute Gasteiger partial charge is 0.260 e. The number of carbonyl (C=O) groups excluding carboxylic acids is 1. The van der Waals surface area contributed by atoms with Gasteiger partial charge in [-0.3, -0.25) is 9.69 Å². The van der Waals surface area contributed by atoms with Crippen LogP contribution in [-0.2, 0) is 4.79 Å². The summed E-state index contributed by atoms with van der Waals surface area (Å²) >= 11 is 0. The summed E-state index contributed by atoms with van der Waals surface area (Å²) in [6.45, 7) is 14.6. The van der Waals surface area contributed by atoms with Crippen LogP contribution in [0.4, 0.5) is 0 Å². The van der Waals surface area contributed by atoms with Gasteiger partial charge in [0.1, 0.15) is 5.75 Å². The lowest BCUT2D eigenvalue weighted by molar-refractivity contribution is -0.128. The molecule has 0 aromatic heterocycles. The Hall–Kier alpha value is -1.59. The number of amides is 1. The van der Waals surface area contributed by atoms with Gasteiger partial charge in [0.2, 0.25) is 0 Å². The van der Waals surface area contributed by atoms with Crippen molar-refractivity contribution in [2.45, 2.75) is 71.4 Å². The van der Waals surface area contributed by atoms with Crippen LogP contribution in [0.5, 0.6) is 5.75 Å². The van der Waals surface area contributed by atoms with Gasteiger partial charge >= 0.3 is 0 Å². The van der Waals surface area contributed by atoms with E-state index in [-0.39, 0.29) is 11.4 Å². The lowest BCUT2D eigenvalue weighted by Gasteiger charge is -2.50. The zero-order chi connectivity index (χ0) is 20.9. The monoisotopic (exact) mass is 401 g/mol. The fourth-order valence-electron chi connectivity index (χ4n) is 4.79. The van der Waals surface area contributed by atoms with Gasteiger partial charge in [-0.15, -0.1) is 0 Å². The Bertz CT molecular complexity index is 677. The molecule has 2 fully saturated rings. The quantitative estimate of drug-likeness (QED) is 0.759. The second-order valence-electron chi connectivity index (χ2n) is 8.93. The van der Waals surface area contributed by atoms with Crippen molar-refractivity contribution >= 4 is 5.91 Å². The minimum Gasteiger partial charge on any atom is -0.481 e. The zero-order valence-electron chi connectivity index (χ0n) is 18.8. The predicted molar refractivity (Wildman–Crippen MR) is 119 cm³/mol. The number of aryl methyl sites for hydroxylation is 2. The maximum atomic E-state index is 12.8. The first-order valence-corrected chi connectivity index (χ1v) is 11.4. The number of likely N-dealkylation sites (N-methyl/N-ethyl adjacent to an activating group) is 1. The molecule has 1 aromatic rings. The maximum Gasteiger partial charge on any atom is 0.260 e. The molecule has 1 amide bonds. The van der Waals surface area contributed by atoms with Crippen LogP contribution < -0.4 is 10.1 Å². The van der Waals surface area contributed by atoms with Gasteiger partial charge in [0.25, 0.3) is 5.91 Å². The molecule has 3 rings (SSSR count). The minimum atomic E-state index is -0.491. The molecule has 1 aliphatic heterocycles. The Balaban J connectivity index is 1.58. The first-order chi connectivity index (χ1) is 13.9. The standard InChI is InChI=1S/C24H39N3O2/c1-5-26-13-15-27(16-14-26)24(11-7-6-8-12-24)18-25-23(28)21(4)29-22-10-9-19(2)20(3)17-22/h9-10,17,21H,5-8,11-16,18H2,1-4H3,(H,25,28)/t21-/m0/s1. The average Bonchev–Trinajstić information content (AvgIpc) is 2.75. The predicted octanol–water partition coefficient (Wildman–Crippen LogP) is 3.53. The second kappa shape index (κ2) is 9.94. The minimum absolute atomic E-state index is 0.0135. The molecule has 1 atom stereocenters. The molecule has 1 heterocycles. The van der Waals surface area contributed by atoms with Gasteiger partial charge in [0, 0.05) is 38.3 Å². The van der Waals surface area contributed by atoms with E-state index >= 15 is 0 Å². The van der Waals surface area contributed by atoms with E-state index in [1.807, 2.05) is 25.1 Å². The highest BCUT2D eigenvalue weighted by Gasteiger charge is 2.39. The molecule has 1 N–H and O–H groups in total. The molecule has 1 aromatic carbocycles. The van der Waals surface area contributed by atoms with Crippen molar-refractivity contribution in [1.82, 2.24) is 15.1 Å². The molecule has 1 saturated heterocycles. The first-order valence-electron chi connectivity index (χ1n) is 11.4. The molecule has 1 saturated carbocycles. The third-order valence-corrected chi connectivity index (χ3v) is 7.03. The molecule has 0 spiro atoms. The van der Waals surface area contributed by atoms with Crippen LogP contribution in [0.25, 0.3) is 0 Å². The SMILES string of the molecule is CCN1CCN(C2(CNC(=O)[C@H](C)Oc3ccc(C)c(C)c3)CCCCC2)CC1. The molecule has 162 valence electrons. The van der Waals surface area contributed by atoms with Crippen LogP contribution in [0.3, 0.4) is 0 Å². The molecule has 0 unspecified atom stereocenters. The lowest BCUT2D eigenvalue weighted by Crippen LogP contribution is -2.62. The number of piperazine rings is 1. The van der Waals surface area contributed by atoms with Gasteiger partial charge in [0.05, 0.1) is 0 Å². The molecule has 5 heteroatoms. The Morgan fingerprint density at radius 1 is 1.10 bits per heavy atom. The van der Waals surface area contributed by atoms with Crippen molar-refractivity contribution in [3.8, 4) is 5.75 Å². The summed E-state index contributed by atoms with van der Waals surface area (Å²) in [4.78, 5) is 18.0. The van der Waals surface area contributed by atoms with Crippen molar-refractivity contribution in [2.24, 2.45) is 0 Å². The molecule has 0 radical (unpaired) electrons. The normalized spacial score (nSPS) is 21.5. The van der Waals surface area contributed by atoms with Crippen LogP contribution >= 0.6 is 0 Å². The van der Waals surface area contributed by atoms with Crippen LogP contribution in [0.15, 0.2) is 18.2 Å². The molecule has 2 aliphatic rings. The van der Waals surface area contributed by atoms with E-state index in [0.717, 1.165) is 45.0 Å². The Morgan fingerprint density at radius 2 is 1.79 bits per heavy atom. The van der Waals surface area contributed by atoms with Gasteiger partial charge in [-0.2, -0.15) is 0 Å². The van der Waals surface area contributed by atoms with Crippen molar-refractivity contribution in [2.75, 3.05) is 39.3 Å². The highest BCUT2D eigenvalue weighted by atomic mass is 16.5. The Morgan fingerprint density at radius 3 is 2.41 bits per heavy atom. The second-order valence-corrected chi connectivity index (χ2v) is 8.93. The number of ether oxygens (including phenoxy) is 1. The molecular formula is C24H39N3O2. The van der Waals surface area contributed by atoms with E-state index in [2.05, 4.69) is 35.9 Å². The van der Waals surface area contributed by atoms with Gasteiger partial charge < -0.3 is 15.0 Å². The maximum absolute atomic E-state index is 12.8. The summed E-state index contributed by atoms with van der Waals surface area (Å²) in [5, 5.41) is 3.24. The highest BCUT2D eigenvalue weighted by molar-refractivity contribution is 5.80. The number of hydrogen-bond acceptors (Lipinski definition) is 4. The van der Waals surface area contributed by atoms with E-state index in [1.165, 1.54) is 43.2 Å². The van der Waals surface area contributed by atoms with Crippen molar-refractivity contribution in [3.05, 3.63) is 29.3 Å². The van der Waals surface area contributed by atoms with Crippen molar-refractivity contribution < 1.29 is 9.53 Å². The fourth-order valence-corrected chi connectivity index (χ4v) is 4.79. The number of nitrogens with zero attached hydrogens (tertiary/aromatic N) is 2. The Labute approximate surface area is 176 Å². The summed E-state index contributed by atoms with van der Waals surface area (Å²) in [5.74, 6) is 0.749. The Kier molecular flexibility index (Phi) is 7.58. The zero-order valence-corrected chi connectivity index (χ0v) is 18.8. The van der Waals surface area contributed by atoms with Gasteiger partial charge in [0.15, 0.2) is 6.10 Å². The van der Waals surface area contributed by atoms with E-state index in [9.17, 15) is 4.79 Å². The van der Waals surface area contributed by atoms with Gasteiger partial charge in [-0.1, -0.05) is 32.3 Å². The van der Waals surface area contributed by atoms with Crippen molar-refractivity contribution in [3.63, 3.8) is 0 Å². The van der Waals surface area contributed by atoms with Crippen LogP contribution in [0.2, 0.25) is 0 Å². The summed E-state index contributed by atoms with van der Waals surface area (Å²) in [6.07, 6.45) is 5.72. The number of rotatable bonds is 7. The van der Waals surface area contributed by atoms with Gasteiger partial charge in [-0.05, 0) is 63.4 Å². The van der Waals surface area contributed by atoms with E-state index in [1.54, 1.807) is 0 Å². The lowest BCUT2D eigenvalue weighted by atomic mass is 9.79. The molecule has 1 aliphatic carbocycles. The first kappa shape index (κ1) is 22.1. The van der Waals surface area contributed by atoms with Crippen LogP contribution in [0, 0.1) is 13.8 Å². The number of nitrogens with one attached hydrogen (secondary N) is 1. The number of carbonyl (C=O) groups is 1. The molecule has 5 nitrogen and oxygen atoms in total. The number of hydrogen-bond donors (Lipinski definition) is 1. The van der Waals surface area contributed by atoms with Crippen LogP contribution in [-0.4, -0.2) is 66.6 Å². The summed E-state index contributed by atoms with van der Waals surface area (Å²) in [5.41, 5.74) is 2.54. The topological polar surface area (TPSA) is 44.8 Å². The third kappa shape index (κ3) is 5.52. The summed E-state index contributed by atoms with van der Waals surface area (Å²) in [6, 6.07) is 6.00. The highest BCUT2D eigenvalue weighted by Crippen LogP contribution is 2.34. The van der Waals surface area contributed by atoms with E-state index in [4.69, 9.17) is 4.74 Å². The van der Waals surface area contributed by atoms with E-state index in [0.29, 0.717) is 0 Å². The van der Waals surface area contributed by atoms with Crippen molar-refractivity contribution in [1.29, 1.82) is 0 Å². The van der Waals surface area contributed by atoms with Gasteiger partial charge in [-0.25, -0.2) is 0 Å². The number of benzene rings is 1. The largest absolute Gasteiger partial charge is 0.481 e.